The lowest BCUT2D eigenvalue weighted by atomic mass is 10.1. The molecule has 1 aliphatic rings. The highest BCUT2D eigenvalue weighted by Crippen LogP contribution is 2.28. The van der Waals surface area contributed by atoms with Gasteiger partial charge >= 0.3 is 11.8 Å². The van der Waals surface area contributed by atoms with Crippen LogP contribution >= 0.6 is 0 Å². The predicted octanol–water partition coefficient (Wildman–Crippen LogP) is -0.881. The van der Waals surface area contributed by atoms with Crippen molar-refractivity contribution < 1.29 is 19.1 Å². The van der Waals surface area contributed by atoms with Crippen LogP contribution in [0.5, 0.6) is 5.75 Å². The van der Waals surface area contributed by atoms with Crippen LogP contribution in [0.4, 0.5) is 5.69 Å². The van der Waals surface area contributed by atoms with Gasteiger partial charge in [0, 0.05) is 6.54 Å². The SMILES string of the molecule is NC(=O)C(=O)NCc1ccc2c(c1)NC(=O)CO2. The smallest absolute Gasteiger partial charge is 0.309 e. The molecule has 0 bridgehead atoms. The second-order valence-electron chi connectivity index (χ2n) is 3.71. The maximum atomic E-state index is 11.1. The zero-order chi connectivity index (χ0) is 13.1. The predicted molar refractivity (Wildman–Crippen MR) is 61.6 cm³/mol. The molecule has 0 aromatic heterocycles. The first-order valence-electron chi connectivity index (χ1n) is 5.19. The summed E-state index contributed by atoms with van der Waals surface area (Å²) < 4.78 is 5.18. The molecule has 1 aromatic rings. The Hall–Kier alpha value is -2.57. The van der Waals surface area contributed by atoms with E-state index in [1.54, 1.807) is 18.2 Å². The van der Waals surface area contributed by atoms with E-state index in [2.05, 4.69) is 10.6 Å². The minimum Gasteiger partial charge on any atom is -0.482 e. The normalized spacial score (nSPS) is 13.0. The number of benzene rings is 1. The van der Waals surface area contributed by atoms with E-state index in [1.165, 1.54) is 0 Å². The fraction of sp³-hybridized carbons (Fsp3) is 0.182. The Bertz CT molecular complexity index is 527. The molecule has 18 heavy (non-hydrogen) atoms. The van der Waals surface area contributed by atoms with Gasteiger partial charge in [-0.15, -0.1) is 0 Å². The number of anilines is 1. The van der Waals surface area contributed by atoms with Crippen molar-refractivity contribution in [2.24, 2.45) is 5.73 Å². The second-order valence-corrected chi connectivity index (χ2v) is 3.71. The van der Waals surface area contributed by atoms with E-state index in [4.69, 9.17) is 10.5 Å². The lowest BCUT2D eigenvalue weighted by molar-refractivity contribution is -0.137. The standard InChI is InChI=1S/C11H11N3O4/c12-10(16)11(17)13-4-6-1-2-8-7(3-6)14-9(15)5-18-8/h1-3H,4-5H2,(H2,12,16)(H,13,17)(H,14,15). The van der Waals surface area contributed by atoms with Gasteiger partial charge < -0.3 is 21.1 Å². The number of hydrogen-bond donors (Lipinski definition) is 3. The van der Waals surface area contributed by atoms with E-state index < -0.39 is 11.8 Å². The monoisotopic (exact) mass is 249 g/mol. The molecular weight excluding hydrogens is 238 g/mol. The minimum atomic E-state index is -1.04. The molecule has 0 fully saturated rings. The first-order valence-corrected chi connectivity index (χ1v) is 5.19. The molecule has 2 rings (SSSR count). The van der Waals surface area contributed by atoms with Crippen molar-refractivity contribution in [1.82, 2.24) is 5.32 Å². The number of nitrogens with two attached hydrogens (primary N) is 1. The second kappa shape index (κ2) is 4.74. The number of amides is 3. The highest BCUT2D eigenvalue weighted by atomic mass is 16.5. The maximum Gasteiger partial charge on any atom is 0.309 e. The van der Waals surface area contributed by atoms with Crippen molar-refractivity contribution in [3.8, 4) is 5.75 Å². The van der Waals surface area contributed by atoms with Crippen molar-refractivity contribution in [1.29, 1.82) is 0 Å². The van der Waals surface area contributed by atoms with Gasteiger partial charge in [-0.2, -0.15) is 0 Å². The Morgan fingerprint density at radius 3 is 2.94 bits per heavy atom. The van der Waals surface area contributed by atoms with Crippen LogP contribution in [0.3, 0.4) is 0 Å². The number of ether oxygens (including phenoxy) is 1. The number of nitrogens with one attached hydrogen (secondary N) is 2. The molecule has 4 N–H and O–H groups in total. The van der Waals surface area contributed by atoms with Crippen molar-refractivity contribution in [3.05, 3.63) is 23.8 Å². The third-order valence-corrected chi connectivity index (χ3v) is 2.35. The summed E-state index contributed by atoms with van der Waals surface area (Å²) in [5.41, 5.74) is 6.06. The molecule has 0 unspecified atom stereocenters. The van der Waals surface area contributed by atoms with Crippen LogP contribution < -0.4 is 21.1 Å². The van der Waals surface area contributed by atoms with E-state index in [0.717, 1.165) is 0 Å². The molecule has 7 heteroatoms. The van der Waals surface area contributed by atoms with Gasteiger partial charge in [0.2, 0.25) is 0 Å². The average Bonchev–Trinajstić information content (AvgIpc) is 2.35. The molecule has 94 valence electrons. The van der Waals surface area contributed by atoms with Crippen molar-refractivity contribution >= 4 is 23.4 Å². The summed E-state index contributed by atoms with van der Waals surface area (Å²) in [6.45, 7) is 0.135. The summed E-state index contributed by atoms with van der Waals surface area (Å²) in [5, 5.41) is 4.99. The molecule has 1 heterocycles. The maximum absolute atomic E-state index is 11.1. The fourth-order valence-corrected chi connectivity index (χ4v) is 1.51. The summed E-state index contributed by atoms with van der Waals surface area (Å²) >= 11 is 0. The van der Waals surface area contributed by atoms with Gasteiger partial charge in [0.1, 0.15) is 5.75 Å². The highest BCUT2D eigenvalue weighted by Gasteiger charge is 2.16. The lowest BCUT2D eigenvalue weighted by Crippen LogP contribution is -2.35. The fourth-order valence-electron chi connectivity index (χ4n) is 1.51. The molecule has 1 aromatic carbocycles. The summed E-state index contributed by atoms with van der Waals surface area (Å²) in [4.78, 5) is 32.6. The van der Waals surface area contributed by atoms with Gasteiger partial charge in [-0.25, -0.2) is 0 Å². The Morgan fingerprint density at radius 1 is 1.44 bits per heavy atom. The zero-order valence-electron chi connectivity index (χ0n) is 9.36. The van der Waals surface area contributed by atoms with Gasteiger partial charge in [0.05, 0.1) is 5.69 Å². The van der Waals surface area contributed by atoms with Crippen LogP contribution in [0.25, 0.3) is 0 Å². The lowest BCUT2D eigenvalue weighted by Gasteiger charge is -2.18. The highest BCUT2D eigenvalue weighted by molar-refractivity contribution is 6.34. The van der Waals surface area contributed by atoms with Gasteiger partial charge in [-0.1, -0.05) is 6.07 Å². The van der Waals surface area contributed by atoms with E-state index in [9.17, 15) is 14.4 Å². The van der Waals surface area contributed by atoms with Gasteiger partial charge in [-0.3, -0.25) is 14.4 Å². The van der Waals surface area contributed by atoms with Crippen LogP contribution in [-0.2, 0) is 20.9 Å². The third-order valence-electron chi connectivity index (χ3n) is 2.35. The molecule has 0 aliphatic carbocycles. The van der Waals surface area contributed by atoms with Gasteiger partial charge in [0.15, 0.2) is 6.61 Å². The van der Waals surface area contributed by atoms with Crippen LogP contribution in [0.2, 0.25) is 0 Å². The molecule has 0 saturated carbocycles. The van der Waals surface area contributed by atoms with E-state index in [0.29, 0.717) is 17.0 Å². The molecule has 3 amide bonds. The zero-order valence-corrected chi connectivity index (χ0v) is 9.36. The van der Waals surface area contributed by atoms with Crippen molar-refractivity contribution in [2.45, 2.75) is 6.54 Å². The Morgan fingerprint density at radius 2 is 2.22 bits per heavy atom. The summed E-state index contributed by atoms with van der Waals surface area (Å²) in [7, 11) is 0. The molecule has 0 radical (unpaired) electrons. The van der Waals surface area contributed by atoms with Crippen molar-refractivity contribution in [3.63, 3.8) is 0 Å². The first kappa shape index (κ1) is 11.9. The van der Waals surface area contributed by atoms with E-state index >= 15 is 0 Å². The number of primary amides is 1. The largest absolute Gasteiger partial charge is 0.482 e. The topological polar surface area (TPSA) is 111 Å². The number of carbonyl (C=O) groups is 3. The molecule has 0 saturated heterocycles. The molecule has 0 spiro atoms. The summed E-state index contributed by atoms with van der Waals surface area (Å²) in [6, 6.07) is 5.06. The average molecular weight is 249 g/mol. The number of fused-ring (bicyclic) bond motifs is 1. The molecule has 7 nitrogen and oxygen atoms in total. The summed E-state index contributed by atoms with van der Waals surface area (Å²) in [5.74, 6) is -1.56. The minimum absolute atomic E-state index is 0.00917. The van der Waals surface area contributed by atoms with Crippen LogP contribution in [0, 0.1) is 0 Å². The molecular formula is C11H11N3O4. The van der Waals surface area contributed by atoms with Gasteiger partial charge in [0.25, 0.3) is 5.91 Å². The Labute approximate surface area is 102 Å². The van der Waals surface area contributed by atoms with Crippen LogP contribution in [0.1, 0.15) is 5.56 Å². The number of hydrogen-bond acceptors (Lipinski definition) is 4. The quantitative estimate of drug-likeness (QED) is 0.591. The molecule has 1 aliphatic heterocycles. The van der Waals surface area contributed by atoms with Crippen LogP contribution in [0.15, 0.2) is 18.2 Å². The number of carbonyl (C=O) groups excluding carboxylic acids is 3. The number of rotatable bonds is 2. The Kier molecular flexibility index (Phi) is 3.13. The first-order chi connectivity index (χ1) is 8.56. The van der Waals surface area contributed by atoms with Crippen molar-refractivity contribution in [2.75, 3.05) is 11.9 Å². The van der Waals surface area contributed by atoms with Crippen LogP contribution in [-0.4, -0.2) is 24.3 Å². The van der Waals surface area contributed by atoms with E-state index in [1.807, 2.05) is 0 Å². The summed E-state index contributed by atoms with van der Waals surface area (Å²) in [6.07, 6.45) is 0. The Balaban J connectivity index is 2.07. The van der Waals surface area contributed by atoms with E-state index in [-0.39, 0.29) is 19.1 Å². The molecule has 0 atom stereocenters. The third kappa shape index (κ3) is 2.57. The van der Waals surface area contributed by atoms with Gasteiger partial charge in [-0.05, 0) is 17.7 Å².